The topological polar surface area (TPSA) is 71.5 Å². The molecule has 1 aliphatic heterocycles. The van der Waals surface area contributed by atoms with Gasteiger partial charge in [0.1, 0.15) is 0 Å². The Bertz CT molecular complexity index is 283. The van der Waals surface area contributed by atoms with Gasteiger partial charge in [-0.2, -0.15) is 0 Å². The third-order valence-electron chi connectivity index (χ3n) is 1.53. The highest BCUT2D eigenvalue weighted by molar-refractivity contribution is 8.14. The van der Waals surface area contributed by atoms with E-state index < -0.39 is 29.3 Å². The number of ketones is 2. The SMILES string of the molecule is CC(=O)C(=O)CN1C(=O)CSC1=O. The molecule has 0 radical (unpaired) electrons. The van der Waals surface area contributed by atoms with Crippen LogP contribution in [0.15, 0.2) is 0 Å². The van der Waals surface area contributed by atoms with Crippen LogP contribution >= 0.6 is 11.8 Å². The van der Waals surface area contributed by atoms with E-state index in [1.54, 1.807) is 0 Å². The van der Waals surface area contributed by atoms with E-state index >= 15 is 0 Å². The van der Waals surface area contributed by atoms with Crippen molar-refractivity contribution in [2.75, 3.05) is 12.3 Å². The summed E-state index contributed by atoms with van der Waals surface area (Å²) >= 11 is 0.841. The molecule has 0 saturated carbocycles. The smallest absolute Gasteiger partial charge is 0.289 e. The molecule has 1 fully saturated rings. The average molecular weight is 201 g/mol. The number of imide groups is 1. The summed E-state index contributed by atoms with van der Waals surface area (Å²) in [4.78, 5) is 44.1. The molecule has 0 atom stereocenters. The minimum Gasteiger partial charge on any atom is -0.291 e. The quantitative estimate of drug-likeness (QED) is 0.593. The fourth-order valence-corrected chi connectivity index (χ4v) is 1.51. The van der Waals surface area contributed by atoms with Crippen molar-refractivity contribution < 1.29 is 19.2 Å². The van der Waals surface area contributed by atoms with Crippen LogP contribution in [0.4, 0.5) is 4.79 Å². The molecule has 0 aromatic heterocycles. The maximum Gasteiger partial charge on any atom is 0.289 e. The summed E-state index contributed by atoms with van der Waals surface area (Å²) in [5.41, 5.74) is 0. The van der Waals surface area contributed by atoms with E-state index in [0.717, 1.165) is 23.6 Å². The molecule has 1 rings (SSSR count). The van der Waals surface area contributed by atoms with Crippen LogP contribution in [-0.2, 0) is 14.4 Å². The lowest BCUT2D eigenvalue weighted by molar-refractivity contribution is -0.137. The van der Waals surface area contributed by atoms with Crippen LogP contribution in [0.1, 0.15) is 6.92 Å². The van der Waals surface area contributed by atoms with Crippen LogP contribution in [0.25, 0.3) is 0 Å². The minimum absolute atomic E-state index is 0.0595. The van der Waals surface area contributed by atoms with Gasteiger partial charge in [-0.05, 0) is 0 Å². The molecule has 0 aromatic rings. The zero-order valence-corrected chi connectivity index (χ0v) is 7.72. The zero-order chi connectivity index (χ0) is 10.0. The zero-order valence-electron chi connectivity index (χ0n) is 6.90. The van der Waals surface area contributed by atoms with E-state index in [-0.39, 0.29) is 5.75 Å². The monoisotopic (exact) mass is 201 g/mol. The maximum absolute atomic E-state index is 11.0. The van der Waals surface area contributed by atoms with Gasteiger partial charge in [0.25, 0.3) is 5.24 Å². The van der Waals surface area contributed by atoms with Gasteiger partial charge in [-0.25, -0.2) is 0 Å². The van der Waals surface area contributed by atoms with Crippen LogP contribution in [0.5, 0.6) is 0 Å². The number of nitrogens with zero attached hydrogens (tertiary/aromatic N) is 1. The first-order chi connectivity index (χ1) is 6.02. The van der Waals surface area contributed by atoms with Crippen molar-refractivity contribution in [3.8, 4) is 0 Å². The van der Waals surface area contributed by atoms with Gasteiger partial charge in [-0.15, -0.1) is 0 Å². The molecular weight excluding hydrogens is 194 g/mol. The van der Waals surface area contributed by atoms with Crippen LogP contribution in [0.2, 0.25) is 0 Å². The van der Waals surface area contributed by atoms with Crippen LogP contribution in [-0.4, -0.2) is 39.9 Å². The van der Waals surface area contributed by atoms with Crippen molar-refractivity contribution >= 4 is 34.5 Å². The summed E-state index contributed by atoms with van der Waals surface area (Å²) in [5, 5.41) is -0.459. The highest BCUT2D eigenvalue weighted by Crippen LogP contribution is 2.17. The Kier molecular flexibility index (Phi) is 2.82. The summed E-state index contributed by atoms with van der Waals surface area (Å²) in [6.07, 6.45) is 0. The average Bonchev–Trinajstić information content (AvgIpc) is 2.35. The molecule has 2 amide bonds. The van der Waals surface area contributed by atoms with E-state index in [0.29, 0.717) is 0 Å². The lowest BCUT2D eigenvalue weighted by atomic mass is 10.3. The van der Waals surface area contributed by atoms with Crippen molar-refractivity contribution in [3.05, 3.63) is 0 Å². The standard InChI is InChI=1S/C7H7NO4S/c1-4(9)5(10)2-8-6(11)3-13-7(8)12/h2-3H2,1H3. The second kappa shape index (κ2) is 3.69. The van der Waals surface area contributed by atoms with Gasteiger partial charge in [-0.3, -0.25) is 24.1 Å². The van der Waals surface area contributed by atoms with E-state index in [4.69, 9.17) is 0 Å². The van der Waals surface area contributed by atoms with Crippen LogP contribution < -0.4 is 0 Å². The first-order valence-corrected chi connectivity index (χ1v) is 4.52. The van der Waals surface area contributed by atoms with Crippen LogP contribution in [0.3, 0.4) is 0 Å². The highest BCUT2D eigenvalue weighted by atomic mass is 32.2. The lowest BCUT2D eigenvalue weighted by Gasteiger charge is -2.09. The number of hydrogen-bond donors (Lipinski definition) is 0. The third kappa shape index (κ3) is 2.15. The summed E-state index contributed by atoms with van der Waals surface area (Å²) in [6.45, 7) is 0.695. The molecule has 1 heterocycles. The molecule has 70 valence electrons. The molecule has 5 nitrogen and oxygen atoms in total. The second-order valence-electron chi connectivity index (χ2n) is 2.51. The first kappa shape index (κ1) is 9.91. The summed E-state index contributed by atoms with van der Waals surface area (Å²) in [7, 11) is 0. The number of carbonyl (C=O) groups is 4. The Morgan fingerprint density at radius 3 is 2.46 bits per heavy atom. The van der Waals surface area contributed by atoms with E-state index in [2.05, 4.69) is 0 Å². The Hall–Kier alpha value is -1.17. The van der Waals surface area contributed by atoms with Gasteiger partial charge in [0, 0.05) is 6.92 Å². The Balaban J connectivity index is 2.63. The fraction of sp³-hybridized carbons (Fsp3) is 0.429. The number of rotatable bonds is 3. The van der Waals surface area contributed by atoms with Crippen molar-refractivity contribution in [2.24, 2.45) is 0 Å². The van der Waals surface area contributed by atoms with Crippen molar-refractivity contribution in [2.45, 2.75) is 6.92 Å². The van der Waals surface area contributed by atoms with E-state index in [1.807, 2.05) is 0 Å². The molecule has 0 unspecified atom stereocenters. The Morgan fingerprint density at radius 1 is 1.46 bits per heavy atom. The molecule has 6 heteroatoms. The number of thioether (sulfide) groups is 1. The number of Topliss-reactive ketones (excluding diaryl/α,β-unsaturated/α-hetero) is 2. The largest absolute Gasteiger partial charge is 0.291 e. The molecule has 0 aliphatic carbocycles. The third-order valence-corrected chi connectivity index (χ3v) is 2.39. The van der Waals surface area contributed by atoms with Gasteiger partial charge in [0.15, 0.2) is 5.78 Å². The Labute approximate surface area is 78.5 Å². The van der Waals surface area contributed by atoms with Gasteiger partial charge < -0.3 is 0 Å². The molecule has 13 heavy (non-hydrogen) atoms. The van der Waals surface area contributed by atoms with E-state index in [9.17, 15) is 19.2 Å². The number of amides is 2. The van der Waals surface area contributed by atoms with Crippen molar-refractivity contribution in [1.82, 2.24) is 4.90 Å². The highest BCUT2D eigenvalue weighted by Gasteiger charge is 2.32. The van der Waals surface area contributed by atoms with Crippen molar-refractivity contribution in [1.29, 1.82) is 0 Å². The first-order valence-electron chi connectivity index (χ1n) is 3.53. The van der Waals surface area contributed by atoms with Gasteiger partial charge in [0.05, 0.1) is 12.3 Å². The molecule has 1 aliphatic rings. The summed E-state index contributed by atoms with van der Waals surface area (Å²) in [6, 6.07) is 0. The van der Waals surface area contributed by atoms with E-state index in [1.165, 1.54) is 0 Å². The molecule has 0 bridgehead atoms. The second-order valence-corrected chi connectivity index (χ2v) is 3.44. The molecular formula is C7H7NO4S. The van der Waals surface area contributed by atoms with Crippen molar-refractivity contribution in [3.63, 3.8) is 0 Å². The lowest BCUT2D eigenvalue weighted by Crippen LogP contribution is -2.36. The Morgan fingerprint density at radius 2 is 2.08 bits per heavy atom. The molecule has 0 N–H and O–H groups in total. The molecule has 1 saturated heterocycles. The molecule has 0 aromatic carbocycles. The van der Waals surface area contributed by atoms with Gasteiger partial charge >= 0.3 is 0 Å². The fourth-order valence-electron chi connectivity index (χ4n) is 0.789. The minimum atomic E-state index is -0.718. The normalized spacial score (nSPS) is 16.5. The number of hydrogen-bond acceptors (Lipinski definition) is 5. The summed E-state index contributed by atoms with van der Waals surface area (Å²) in [5.74, 6) is -1.71. The molecule has 0 spiro atoms. The van der Waals surface area contributed by atoms with Gasteiger partial charge in [-0.1, -0.05) is 11.8 Å². The van der Waals surface area contributed by atoms with Gasteiger partial charge in [0.2, 0.25) is 11.7 Å². The number of carbonyl (C=O) groups excluding carboxylic acids is 4. The predicted octanol–water partition coefficient (Wildman–Crippen LogP) is -0.160. The van der Waals surface area contributed by atoms with Crippen LogP contribution in [0, 0.1) is 0 Å². The predicted molar refractivity (Wildman–Crippen MR) is 45.3 cm³/mol. The maximum atomic E-state index is 11.0. The summed E-state index contributed by atoms with van der Waals surface area (Å²) < 4.78 is 0.